The van der Waals surface area contributed by atoms with Crippen LogP contribution in [0.1, 0.15) is 61.0 Å². The second-order valence-electron chi connectivity index (χ2n) is 8.34. The van der Waals surface area contributed by atoms with Gasteiger partial charge in [0.15, 0.2) is 6.10 Å². The molecule has 0 spiro atoms. The maximum atomic E-state index is 12.8. The van der Waals surface area contributed by atoms with E-state index in [9.17, 15) is 9.59 Å². The zero-order valence-electron chi connectivity index (χ0n) is 18.7. The molecular formula is C25H32N2O4. The predicted octanol–water partition coefficient (Wildman–Crippen LogP) is 4.43. The van der Waals surface area contributed by atoms with Crippen LogP contribution in [-0.4, -0.2) is 37.2 Å². The van der Waals surface area contributed by atoms with Crippen LogP contribution in [0.5, 0.6) is 5.75 Å². The van der Waals surface area contributed by atoms with Gasteiger partial charge in [-0.1, -0.05) is 38.1 Å². The molecule has 31 heavy (non-hydrogen) atoms. The van der Waals surface area contributed by atoms with Gasteiger partial charge in [-0.25, -0.2) is 0 Å². The smallest absolute Gasteiger partial charge is 0.265 e. The molecule has 3 rings (SSSR count). The summed E-state index contributed by atoms with van der Waals surface area (Å²) in [5.41, 5.74) is 3.00. The Kier molecular flexibility index (Phi) is 7.69. The molecule has 2 aromatic carbocycles. The van der Waals surface area contributed by atoms with Gasteiger partial charge in [0.05, 0.1) is 17.4 Å². The Morgan fingerprint density at radius 1 is 1.16 bits per heavy atom. The van der Waals surface area contributed by atoms with E-state index in [1.165, 1.54) is 0 Å². The van der Waals surface area contributed by atoms with Gasteiger partial charge >= 0.3 is 0 Å². The summed E-state index contributed by atoms with van der Waals surface area (Å²) in [5, 5.41) is 5.75. The fourth-order valence-electron chi connectivity index (χ4n) is 3.60. The van der Waals surface area contributed by atoms with Crippen molar-refractivity contribution in [2.75, 3.05) is 18.5 Å². The lowest BCUT2D eigenvalue weighted by Gasteiger charge is -2.20. The fourth-order valence-corrected chi connectivity index (χ4v) is 3.60. The van der Waals surface area contributed by atoms with Gasteiger partial charge in [-0.15, -0.1) is 0 Å². The molecular weight excluding hydrogens is 392 g/mol. The van der Waals surface area contributed by atoms with Gasteiger partial charge in [-0.05, 0) is 61.9 Å². The number of carbonyl (C=O) groups is 2. The van der Waals surface area contributed by atoms with Crippen molar-refractivity contribution in [3.8, 4) is 5.75 Å². The van der Waals surface area contributed by atoms with E-state index in [-0.39, 0.29) is 23.8 Å². The van der Waals surface area contributed by atoms with Crippen molar-refractivity contribution in [1.82, 2.24) is 5.32 Å². The number of para-hydroxylation sites is 1. The molecule has 6 heteroatoms. The lowest BCUT2D eigenvalue weighted by atomic mass is 10.0. The molecule has 1 saturated heterocycles. The summed E-state index contributed by atoms with van der Waals surface area (Å²) >= 11 is 0. The maximum absolute atomic E-state index is 12.8. The summed E-state index contributed by atoms with van der Waals surface area (Å²) < 4.78 is 11.6. The second kappa shape index (κ2) is 10.4. The lowest BCUT2D eigenvalue weighted by molar-refractivity contribution is -0.122. The Hall–Kier alpha value is -2.86. The topological polar surface area (TPSA) is 76.7 Å². The van der Waals surface area contributed by atoms with E-state index in [1.54, 1.807) is 31.2 Å². The van der Waals surface area contributed by atoms with E-state index in [0.29, 0.717) is 23.5 Å². The summed E-state index contributed by atoms with van der Waals surface area (Å²) in [4.78, 5) is 25.5. The highest BCUT2D eigenvalue weighted by Crippen LogP contribution is 2.28. The third-order valence-corrected chi connectivity index (χ3v) is 5.41. The number of hydrogen-bond acceptors (Lipinski definition) is 4. The molecule has 166 valence electrons. The number of benzene rings is 2. The van der Waals surface area contributed by atoms with Crippen LogP contribution >= 0.6 is 0 Å². The second-order valence-corrected chi connectivity index (χ2v) is 8.34. The van der Waals surface area contributed by atoms with Crippen molar-refractivity contribution in [1.29, 1.82) is 0 Å². The molecule has 0 bridgehead atoms. The van der Waals surface area contributed by atoms with Crippen molar-refractivity contribution in [3.05, 3.63) is 59.2 Å². The van der Waals surface area contributed by atoms with Crippen molar-refractivity contribution in [3.63, 3.8) is 0 Å². The molecule has 0 radical (unpaired) electrons. The summed E-state index contributed by atoms with van der Waals surface area (Å²) in [5.74, 6) is 0.440. The first-order valence-corrected chi connectivity index (χ1v) is 10.9. The van der Waals surface area contributed by atoms with E-state index < -0.39 is 6.10 Å². The van der Waals surface area contributed by atoms with Crippen LogP contribution in [0.2, 0.25) is 0 Å². The Morgan fingerprint density at radius 2 is 1.94 bits per heavy atom. The van der Waals surface area contributed by atoms with Crippen LogP contribution in [0, 0.1) is 6.92 Å². The summed E-state index contributed by atoms with van der Waals surface area (Å²) in [7, 11) is 0. The third kappa shape index (κ3) is 6.07. The molecule has 2 atom stereocenters. The summed E-state index contributed by atoms with van der Waals surface area (Å²) in [6.07, 6.45) is 1.31. The highest BCUT2D eigenvalue weighted by Gasteiger charge is 2.21. The minimum atomic E-state index is -0.720. The molecule has 1 aliphatic heterocycles. The van der Waals surface area contributed by atoms with Gasteiger partial charge in [0, 0.05) is 13.2 Å². The van der Waals surface area contributed by atoms with Crippen LogP contribution < -0.4 is 15.4 Å². The largest absolute Gasteiger partial charge is 0.481 e. The minimum absolute atomic E-state index is 0.0589. The first-order valence-electron chi connectivity index (χ1n) is 10.9. The maximum Gasteiger partial charge on any atom is 0.265 e. The van der Waals surface area contributed by atoms with E-state index in [1.807, 2.05) is 25.1 Å². The predicted molar refractivity (Wildman–Crippen MR) is 122 cm³/mol. The van der Waals surface area contributed by atoms with Gasteiger partial charge < -0.3 is 20.1 Å². The highest BCUT2D eigenvalue weighted by atomic mass is 16.5. The number of ether oxygens (including phenoxy) is 2. The number of nitrogens with one attached hydrogen (secondary N) is 2. The average Bonchev–Trinajstić information content (AvgIpc) is 3.26. The molecule has 6 nitrogen and oxygen atoms in total. The molecule has 2 N–H and O–H groups in total. The average molecular weight is 425 g/mol. The molecule has 2 unspecified atom stereocenters. The van der Waals surface area contributed by atoms with Crippen LogP contribution in [0.25, 0.3) is 0 Å². The Balaban J connectivity index is 1.66. The van der Waals surface area contributed by atoms with Crippen LogP contribution in [0.3, 0.4) is 0 Å². The lowest BCUT2D eigenvalue weighted by Crippen LogP contribution is -2.34. The van der Waals surface area contributed by atoms with Crippen molar-refractivity contribution < 1.29 is 19.1 Å². The first kappa shape index (κ1) is 22.8. The van der Waals surface area contributed by atoms with Crippen molar-refractivity contribution in [2.45, 2.75) is 58.7 Å². The Labute approximate surface area is 184 Å². The van der Waals surface area contributed by atoms with E-state index in [4.69, 9.17) is 9.47 Å². The number of carbonyl (C=O) groups excluding carboxylic acids is 2. The SMILES string of the molecule is Cc1ccc(C(C)C)c(OC(C)C(=O)Nc2ccccc2C(=O)NCC2CCCO2)c1. The zero-order chi connectivity index (χ0) is 22.4. The van der Waals surface area contributed by atoms with Crippen LogP contribution in [0.15, 0.2) is 42.5 Å². The third-order valence-electron chi connectivity index (χ3n) is 5.41. The van der Waals surface area contributed by atoms with Crippen LogP contribution in [0.4, 0.5) is 5.69 Å². The number of aryl methyl sites for hydroxylation is 1. The Bertz CT molecular complexity index is 919. The molecule has 0 aliphatic carbocycles. The van der Waals surface area contributed by atoms with E-state index in [2.05, 4.69) is 24.5 Å². The quantitative estimate of drug-likeness (QED) is 0.657. The summed E-state index contributed by atoms with van der Waals surface area (Å²) in [6.45, 7) is 9.09. The molecule has 0 saturated carbocycles. The standard InChI is InChI=1S/C25H32N2O4/c1-16(2)20-12-11-17(3)14-23(20)31-18(4)24(28)27-22-10-6-5-9-21(22)25(29)26-15-19-8-7-13-30-19/h5-6,9-12,14,16,18-19H,7-8,13,15H2,1-4H3,(H,26,29)(H,27,28). The fraction of sp³-hybridized carbons (Fsp3) is 0.440. The number of hydrogen-bond donors (Lipinski definition) is 2. The number of anilines is 1. The Morgan fingerprint density at radius 3 is 2.65 bits per heavy atom. The molecule has 1 heterocycles. The highest BCUT2D eigenvalue weighted by molar-refractivity contribution is 6.04. The number of amides is 2. The molecule has 1 aliphatic rings. The van der Waals surface area contributed by atoms with Gasteiger partial charge in [-0.3, -0.25) is 9.59 Å². The van der Waals surface area contributed by atoms with Gasteiger partial charge in [-0.2, -0.15) is 0 Å². The van der Waals surface area contributed by atoms with Gasteiger partial charge in [0.1, 0.15) is 5.75 Å². The molecule has 2 amide bonds. The first-order chi connectivity index (χ1) is 14.8. The van der Waals surface area contributed by atoms with Crippen molar-refractivity contribution >= 4 is 17.5 Å². The van der Waals surface area contributed by atoms with Gasteiger partial charge in [0.25, 0.3) is 11.8 Å². The zero-order valence-corrected chi connectivity index (χ0v) is 18.7. The molecule has 1 fully saturated rings. The van der Waals surface area contributed by atoms with Crippen molar-refractivity contribution in [2.24, 2.45) is 0 Å². The monoisotopic (exact) mass is 424 g/mol. The summed E-state index contributed by atoms with van der Waals surface area (Å²) in [6, 6.07) is 13.0. The van der Waals surface area contributed by atoms with E-state index in [0.717, 1.165) is 30.6 Å². The number of rotatable bonds is 8. The van der Waals surface area contributed by atoms with Crippen LogP contribution in [-0.2, 0) is 9.53 Å². The van der Waals surface area contributed by atoms with E-state index >= 15 is 0 Å². The van der Waals surface area contributed by atoms with Gasteiger partial charge in [0.2, 0.25) is 0 Å². The molecule has 2 aromatic rings. The normalized spacial score (nSPS) is 16.7. The minimum Gasteiger partial charge on any atom is -0.481 e. The molecule has 0 aromatic heterocycles.